The van der Waals surface area contributed by atoms with Crippen molar-refractivity contribution in [3.05, 3.63) is 130 Å². The standard InChI is InChI=1S/C32H21NO6/c1-37-29-18-23(13-14-24(29)26-17-21-8-3-5-12-28(21)39-32(26)36)33-30(34)22-10-6-9-19(15-22)25-16-20-7-2-4-11-27(20)38-31(25)35/h2-18H,1H3,(H,33,34). The Kier molecular flexibility index (Phi) is 6.01. The summed E-state index contributed by atoms with van der Waals surface area (Å²) in [4.78, 5) is 38.4. The number of methoxy groups -OCH3 is 1. The second-order valence-corrected chi connectivity index (χ2v) is 8.92. The molecule has 7 heteroatoms. The highest BCUT2D eigenvalue weighted by Crippen LogP contribution is 2.32. The van der Waals surface area contributed by atoms with Gasteiger partial charge in [0.05, 0.1) is 18.2 Å². The van der Waals surface area contributed by atoms with E-state index >= 15 is 0 Å². The van der Waals surface area contributed by atoms with Gasteiger partial charge < -0.3 is 18.9 Å². The molecule has 2 heterocycles. The molecule has 7 nitrogen and oxygen atoms in total. The molecule has 1 amide bonds. The largest absolute Gasteiger partial charge is 0.496 e. The van der Waals surface area contributed by atoms with E-state index < -0.39 is 11.3 Å². The molecule has 0 saturated carbocycles. The van der Waals surface area contributed by atoms with Gasteiger partial charge in [0.25, 0.3) is 5.91 Å². The van der Waals surface area contributed by atoms with Crippen LogP contribution in [0.3, 0.4) is 0 Å². The molecule has 6 aromatic rings. The van der Waals surface area contributed by atoms with Crippen LogP contribution in [-0.4, -0.2) is 13.0 Å². The van der Waals surface area contributed by atoms with Gasteiger partial charge >= 0.3 is 11.3 Å². The molecule has 0 aliphatic carbocycles. The van der Waals surface area contributed by atoms with E-state index in [1.165, 1.54) is 7.11 Å². The molecule has 2 aromatic heterocycles. The van der Waals surface area contributed by atoms with Crippen molar-refractivity contribution in [2.45, 2.75) is 0 Å². The van der Waals surface area contributed by atoms with E-state index in [0.29, 0.717) is 50.4 Å². The average Bonchev–Trinajstić information content (AvgIpc) is 2.96. The van der Waals surface area contributed by atoms with Crippen LogP contribution in [0.2, 0.25) is 0 Å². The number of amides is 1. The summed E-state index contributed by atoms with van der Waals surface area (Å²) < 4.78 is 16.5. The van der Waals surface area contributed by atoms with Crippen LogP contribution in [0.25, 0.3) is 44.2 Å². The molecule has 0 aliphatic rings. The Morgan fingerprint density at radius 2 is 1.31 bits per heavy atom. The van der Waals surface area contributed by atoms with Crippen LogP contribution < -0.4 is 21.3 Å². The minimum Gasteiger partial charge on any atom is -0.496 e. The zero-order valence-electron chi connectivity index (χ0n) is 20.8. The van der Waals surface area contributed by atoms with Crippen molar-refractivity contribution in [1.82, 2.24) is 0 Å². The fourth-order valence-electron chi connectivity index (χ4n) is 4.54. The smallest absolute Gasteiger partial charge is 0.344 e. The third-order valence-corrected chi connectivity index (χ3v) is 6.47. The van der Waals surface area contributed by atoms with Gasteiger partial charge in [-0.1, -0.05) is 48.5 Å². The molecular weight excluding hydrogens is 494 g/mol. The third-order valence-electron chi connectivity index (χ3n) is 6.47. The molecule has 1 N–H and O–H groups in total. The topological polar surface area (TPSA) is 98.8 Å². The Bertz CT molecular complexity index is 2000. The number of benzene rings is 4. The maximum atomic E-state index is 13.1. The molecule has 0 radical (unpaired) electrons. The minimum absolute atomic E-state index is 0.352. The quantitative estimate of drug-likeness (QED) is 0.263. The van der Waals surface area contributed by atoms with Crippen molar-refractivity contribution in [2.75, 3.05) is 12.4 Å². The van der Waals surface area contributed by atoms with Crippen molar-refractivity contribution in [3.63, 3.8) is 0 Å². The Morgan fingerprint density at radius 3 is 2.00 bits per heavy atom. The summed E-state index contributed by atoms with van der Waals surface area (Å²) in [6.45, 7) is 0. The Morgan fingerprint density at radius 1 is 0.667 bits per heavy atom. The fourth-order valence-corrected chi connectivity index (χ4v) is 4.54. The number of carbonyl (C=O) groups excluding carboxylic acids is 1. The Hall–Kier alpha value is -5.43. The number of para-hydroxylation sites is 2. The predicted octanol–water partition coefficient (Wildman–Crippen LogP) is 6.49. The minimum atomic E-state index is -0.487. The molecule has 39 heavy (non-hydrogen) atoms. The van der Waals surface area contributed by atoms with Crippen LogP contribution in [0, 0.1) is 0 Å². The molecule has 4 aromatic carbocycles. The van der Waals surface area contributed by atoms with Crippen molar-refractivity contribution in [3.8, 4) is 28.0 Å². The second-order valence-electron chi connectivity index (χ2n) is 8.92. The van der Waals surface area contributed by atoms with Crippen LogP contribution in [-0.2, 0) is 0 Å². The summed E-state index contributed by atoms with van der Waals surface area (Å²) in [7, 11) is 1.49. The number of hydrogen-bond donors (Lipinski definition) is 1. The average molecular weight is 516 g/mol. The fraction of sp³-hybridized carbons (Fsp3) is 0.0312. The first-order valence-corrected chi connectivity index (χ1v) is 12.2. The Labute approximate surface area is 221 Å². The molecule has 0 fully saturated rings. The second kappa shape index (κ2) is 9.79. The van der Waals surface area contributed by atoms with E-state index in [4.69, 9.17) is 13.6 Å². The van der Waals surface area contributed by atoms with Gasteiger partial charge in [-0.25, -0.2) is 9.59 Å². The highest BCUT2D eigenvalue weighted by Gasteiger charge is 2.16. The van der Waals surface area contributed by atoms with Gasteiger partial charge in [0.1, 0.15) is 16.9 Å². The third kappa shape index (κ3) is 4.57. The predicted molar refractivity (Wildman–Crippen MR) is 150 cm³/mol. The van der Waals surface area contributed by atoms with Crippen molar-refractivity contribution < 1.29 is 18.4 Å². The molecule has 0 atom stereocenters. The summed E-state index contributed by atoms with van der Waals surface area (Å²) in [5, 5.41) is 4.43. The maximum absolute atomic E-state index is 13.1. The molecule has 0 bridgehead atoms. The summed E-state index contributed by atoms with van der Waals surface area (Å²) >= 11 is 0. The number of nitrogens with one attached hydrogen (secondary N) is 1. The van der Waals surface area contributed by atoms with E-state index in [0.717, 1.165) is 10.8 Å². The first kappa shape index (κ1) is 23.9. The molecule has 0 saturated heterocycles. The van der Waals surface area contributed by atoms with E-state index in [2.05, 4.69) is 5.32 Å². The number of hydrogen-bond acceptors (Lipinski definition) is 6. The highest BCUT2D eigenvalue weighted by molar-refractivity contribution is 6.05. The normalized spacial score (nSPS) is 11.0. The van der Waals surface area contributed by atoms with Gasteiger partial charge in [0, 0.05) is 33.7 Å². The molecule has 0 spiro atoms. The first-order chi connectivity index (χ1) is 19.0. The highest BCUT2D eigenvalue weighted by atomic mass is 16.5. The molecule has 0 unspecified atom stereocenters. The lowest BCUT2D eigenvalue weighted by Gasteiger charge is -2.12. The SMILES string of the molecule is COc1cc(NC(=O)c2cccc(-c3cc4ccccc4oc3=O)c2)ccc1-c1cc2ccccc2oc1=O. The lowest BCUT2D eigenvalue weighted by molar-refractivity contribution is 0.102. The van der Waals surface area contributed by atoms with Gasteiger partial charge in [-0.2, -0.15) is 0 Å². The summed E-state index contributed by atoms with van der Waals surface area (Å²) in [6.07, 6.45) is 0. The molecule has 6 rings (SSSR count). The summed E-state index contributed by atoms with van der Waals surface area (Å²) in [5.41, 5.74) is 2.69. The maximum Gasteiger partial charge on any atom is 0.344 e. The molecule has 190 valence electrons. The molecule has 0 aliphatic heterocycles. The van der Waals surface area contributed by atoms with Crippen molar-refractivity contribution in [1.29, 1.82) is 0 Å². The number of fused-ring (bicyclic) bond motifs is 2. The van der Waals surface area contributed by atoms with Crippen LogP contribution in [0.5, 0.6) is 5.75 Å². The zero-order chi connectivity index (χ0) is 26.9. The van der Waals surface area contributed by atoms with E-state index in [1.54, 1.807) is 78.9 Å². The number of rotatable bonds is 5. The number of ether oxygens (including phenoxy) is 1. The first-order valence-electron chi connectivity index (χ1n) is 12.2. The van der Waals surface area contributed by atoms with Crippen LogP contribution in [0.4, 0.5) is 5.69 Å². The van der Waals surface area contributed by atoms with Crippen molar-refractivity contribution in [2.24, 2.45) is 0 Å². The van der Waals surface area contributed by atoms with Crippen LogP contribution >= 0.6 is 0 Å². The van der Waals surface area contributed by atoms with E-state index in [1.807, 2.05) is 24.3 Å². The van der Waals surface area contributed by atoms with Gasteiger partial charge in [-0.3, -0.25) is 4.79 Å². The number of carbonyl (C=O) groups is 1. The van der Waals surface area contributed by atoms with E-state index in [-0.39, 0.29) is 5.91 Å². The van der Waals surface area contributed by atoms with Gasteiger partial charge in [-0.05, 0) is 54.1 Å². The summed E-state index contributed by atoms with van der Waals surface area (Å²) in [6, 6.07) is 29.8. The monoisotopic (exact) mass is 515 g/mol. The zero-order valence-corrected chi connectivity index (χ0v) is 20.8. The van der Waals surface area contributed by atoms with Gasteiger partial charge in [0.15, 0.2) is 0 Å². The lowest BCUT2D eigenvalue weighted by atomic mass is 10.0. The summed E-state index contributed by atoms with van der Waals surface area (Å²) in [5.74, 6) is 0.0277. The van der Waals surface area contributed by atoms with E-state index in [9.17, 15) is 14.4 Å². The van der Waals surface area contributed by atoms with Crippen LogP contribution in [0.15, 0.2) is 122 Å². The number of anilines is 1. The van der Waals surface area contributed by atoms with Crippen LogP contribution in [0.1, 0.15) is 10.4 Å². The van der Waals surface area contributed by atoms with Gasteiger partial charge in [-0.15, -0.1) is 0 Å². The lowest BCUT2D eigenvalue weighted by Crippen LogP contribution is -2.12. The van der Waals surface area contributed by atoms with Crippen molar-refractivity contribution >= 4 is 33.5 Å². The van der Waals surface area contributed by atoms with Gasteiger partial charge in [0.2, 0.25) is 0 Å². The molecular formula is C32H21NO6. The Balaban J connectivity index is 1.30.